The van der Waals surface area contributed by atoms with Crippen molar-refractivity contribution in [3.8, 4) is 11.5 Å². The summed E-state index contributed by atoms with van der Waals surface area (Å²) in [4.78, 5) is 0. The van der Waals surface area contributed by atoms with E-state index < -0.39 is 10.3 Å². The fraction of sp³-hybridized carbons (Fsp3) is 0.182. The number of hydrogen-bond donors (Lipinski definition) is 0. The zero-order valence-electron chi connectivity index (χ0n) is 15.8. The lowest BCUT2D eigenvalue weighted by Crippen LogP contribution is -2.37. The van der Waals surface area contributed by atoms with Crippen LogP contribution in [0, 0.1) is 6.92 Å². The van der Waals surface area contributed by atoms with Gasteiger partial charge in [-0.1, -0.05) is 52.3 Å². The van der Waals surface area contributed by atoms with Crippen molar-refractivity contribution in [2.75, 3.05) is 0 Å². The maximum absolute atomic E-state index is 12.6. The van der Waals surface area contributed by atoms with Gasteiger partial charge in [0.05, 0.1) is 0 Å². The number of hydrogen-bond acceptors (Lipinski definition) is 4. The maximum Gasteiger partial charge on any atom is 0.385 e. The van der Waals surface area contributed by atoms with Crippen LogP contribution in [0.2, 0.25) is 0 Å². The summed E-state index contributed by atoms with van der Waals surface area (Å²) >= 11 is 3.45. The van der Waals surface area contributed by atoms with Crippen molar-refractivity contribution < 1.29 is 17.3 Å². The van der Waals surface area contributed by atoms with Gasteiger partial charge in [-0.05, 0) is 53.9 Å². The van der Waals surface area contributed by atoms with E-state index in [1.165, 1.54) is 4.31 Å². The van der Waals surface area contributed by atoms with Gasteiger partial charge in [-0.15, -0.1) is 0 Å². The molecule has 0 fully saturated rings. The van der Waals surface area contributed by atoms with Crippen LogP contribution in [-0.2, 0) is 30.0 Å². The lowest BCUT2D eigenvalue weighted by molar-refractivity contribution is 0.299. The van der Waals surface area contributed by atoms with Gasteiger partial charge in [-0.2, -0.15) is 12.7 Å². The van der Waals surface area contributed by atoms with E-state index in [9.17, 15) is 8.42 Å². The highest BCUT2D eigenvalue weighted by Crippen LogP contribution is 2.33. The third-order valence-electron chi connectivity index (χ3n) is 4.80. The number of benzene rings is 3. The molecule has 0 bridgehead atoms. The van der Waals surface area contributed by atoms with Gasteiger partial charge in [0, 0.05) is 23.1 Å². The topological polar surface area (TPSA) is 55.8 Å². The number of nitrogens with zero attached hydrogens (tertiary/aromatic N) is 1. The Kier molecular flexibility index (Phi) is 5.63. The summed E-state index contributed by atoms with van der Waals surface area (Å²) in [6.07, 6.45) is 0. The number of rotatable bonds is 5. The van der Waals surface area contributed by atoms with Crippen LogP contribution in [0.25, 0.3) is 0 Å². The zero-order chi connectivity index (χ0) is 20.4. The van der Waals surface area contributed by atoms with E-state index in [0.717, 1.165) is 26.7 Å². The van der Waals surface area contributed by atoms with Crippen molar-refractivity contribution in [2.45, 2.75) is 26.6 Å². The Balaban J connectivity index is 1.54. The first-order chi connectivity index (χ1) is 13.9. The van der Waals surface area contributed by atoms with Gasteiger partial charge >= 0.3 is 10.3 Å². The van der Waals surface area contributed by atoms with Gasteiger partial charge in [0.15, 0.2) is 0 Å². The molecule has 3 aromatic carbocycles. The summed E-state index contributed by atoms with van der Waals surface area (Å²) in [5, 5.41) is 0. The van der Waals surface area contributed by atoms with Crippen LogP contribution >= 0.6 is 15.9 Å². The van der Waals surface area contributed by atoms with Crippen LogP contribution < -0.4 is 8.92 Å². The number of halogens is 1. The van der Waals surface area contributed by atoms with E-state index in [0.29, 0.717) is 18.1 Å². The summed E-state index contributed by atoms with van der Waals surface area (Å²) in [6, 6.07) is 20.9. The molecular weight excluding hydrogens is 454 g/mol. The van der Waals surface area contributed by atoms with Gasteiger partial charge < -0.3 is 8.92 Å². The molecule has 0 atom stereocenters. The Morgan fingerprint density at radius 2 is 1.86 bits per heavy atom. The van der Waals surface area contributed by atoms with E-state index in [2.05, 4.69) is 15.9 Å². The Labute approximate surface area is 179 Å². The SMILES string of the molecule is Cc1ccc(Br)cc1CN1Cc2cc(OCc3ccccc3)ccc2OS1(=O)=O. The number of fused-ring (bicyclic) bond motifs is 1. The molecule has 4 rings (SSSR count). The molecule has 29 heavy (non-hydrogen) atoms. The zero-order valence-corrected chi connectivity index (χ0v) is 18.2. The Morgan fingerprint density at radius 3 is 2.66 bits per heavy atom. The third-order valence-corrected chi connectivity index (χ3v) is 6.57. The average molecular weight is 474 g/mol. The Morgan fingerprint density at radius 1 is 1.07 bits per heavy atom. The van der Waals surface area contributed by atoms with E-state index >= 15 is 0 Å². The van der Waals surface area contributed by atoms with Crippen LogP contribution in [0.15, 0.2) is 71.2 Å². The number of ether oxygens (including phenoxy) is 1. The monoisotopic (exact) mass is 473 g/mol. The smallest absolute Gasteiger partial charge is 0.385 e. The molecule has 7 heteroatoms. The van der Waals surface area contributed by atoms with Gasteiger partial charge in [0.25, 0.3) is 0 Å². The predicted octanol–water partition coefficient (Wildman–Crippen LogP) is 4.98. The summed E-state index contributed by atoms with van der Waals surface area (Å²) in [5.74, 6) is 1.02. The van der Waals surface area contributed by atoms with E-state index in [4.69, 9.17) is 8.92 Å². The van der Waals surface area contributed by atoms with Crippen LogP contribution in [0.3, 0.4) is 0 Å². The molecule has 5 nitrogen and oxygen atoms in total. The Bertz CT molecular complexity index is 1130. The van der Waals surface area contributed by atoms with E-state index in [1.807, 2.05) is 61.5 Å². The van der Waals surface area contributed by atoms with E-state index in [-0.39, 0.29) is 13.1 Å². The highest BCUT2D eigenvalue weighted by Gasteiger charge is 2.32. The molecule has 1 aliphatic rings. The quantitative estimate of drug-likeness (QED) is 0.524. The van der Waals surface area contributed by atoms with Gasteiger partial charge in [0.2, 0.25) is 0 Å². The Hall–Kier alpha value is -2.35. The van der Waals surface area contributed by atoms with Crippen LogP contribution in [0.1, 0.15) is 22.3 Å². The maximum atomic E-state index is 12.6. The molecule has 1 heterocycles. The first-order valence-electron chi connectivity index (χ1n) is 9.15. The van der Waals surface area contributed by atoms with Gasteiger partial charge in [0.1, 0.15) is 18.1 Å². The second-order valence-corrected chi connectivity index (χ2v) is 9.38. The van der Waals surface area contributed by atoms with Crippen molar-refractivity contribution in [3.05, 3.63) is 93.5 Å². The standard InChI is InChI=1S/C22H20BrNO4S/c1-16-7-8-20(23)11-18(16)13-24-14-19-12-21(9-10-22(19)28-29(24,25)26)27-15-17-5-3-2-4-6-17/h2-12H,13-15H2,1H3. The van der Waals surface area contributed by atoms with Crippen LogP contribution in [0.5, 0.6) is 11.5 Å². The number of aryl methyl sites for hydroxylation is 1. The van der Waals surface area contributed by atoms with Crippen molar-refractivity contribution >= 4 is 26.2 Å². The minimum atomic E-state index is -3.86. The summed E-state index contributed by atoms with van der Waals surface area (Å²) in [5.41, 5.74) is 3.79. The fourth-order valence-electron chi connectivity index (χ4n) is 3.16. The summed E-state index contributed by atoms with van der Waals surface area (Å²) < 4.78 is 38.6. The second kappa shape index (κ2) is 8.18. The lowest BCUT2D eigenvalue weighted by Gasteiger charge is -2.28. The molecule has 0 saturated carbocycles. The minimum absolute atomic E-state index is 0.228. The second-order valence-electron chi connectivity index (χ2n) is 6.92. The molecule has 3 aromatic rings. The first-order valence-corrected chi connectivity index (χ1v) is 11.3. The molecule has 0 aliphatic carbocycles. The summed E-state index contributed by atoms with van der Waals surface area (Å²) in [7, 11) is -3.86. The summed E-state index contributed by atoms with van der Waals surface area (Å²) in [6.45, 7) is 2.87. The molecule has 0 N–H and O–H groups in total. The third kappa shape index (κ3) is 4.63. The normalized spacial score (nSPS) is 15.4. The molecule has 150 valence electrons. The highest BCUT2D eigenvalue weighted by molar-refractivity contribution is 9.10. The molecule has 0 spiro atoms. The first kappa shape index (κ1) is 19.9. The van der Waals surface area contributed by atoms with Gasteiger partial charge in [-0.3, -0.25) is 0 Å². The van der Waals surface area contributed by atoms with Crippen LogP contribution in [-0.4, -0.2) is 12.7 Å². The highest BCUT2D eigenvalue weighted by atomic mass is 79.9. The van der Waals surface area contributed by atoms with Crippen molar-refractivity contribution in [2.24, 2.45) is 0 Å². The lowest BCUT2D eigenvalue weighted by atomic mass is 10.1. The van der Waals surface area contributed by atoms with E-state index in [1.54, 1.807) is 12.1 Å². The molecular formula is C22H20BrNO4S. The molecule has 0 saturated heterocycles. The molecule has 0 unspecified atom stereocenters. The van der Waals surface area contributed by atoms with Crippen molar-refractivity contribution in [1.29, 1.82) is 0 Å². The largest absolute Gasteiger partial charge is 0.489 e. The molecule has 0 radical (unpaired) electrons. The van der Waals surface area contributed by atoms with Crippen molar-refractivity contribution in [1.82, 2.24) is 4.31 Å². The minimum Gasteiger partial charge on any atom is -0.489 e. The molecule has 0 aromatic heterocycles. The molecule has 0 amide bonds. The predicted molar refractivity (Wildman–Crippen MR) is 115 cm³/mol. The fourth-order valence-corrected chi connectivity index (χ4v) is 4.66. The molecule has 1 aliphatic heterocycles. The van der Waals surface area contributed by atoms with Crippen molar-refractivity contribution in [3.63, 3.8) is 0 Å². The average Bonchev–Trinajstić information content (AvgIpc) is 2.70. The van der Waals surface area contributed by atoms with Gasteiger partial charge in [-0.25, -0.2) is 0 Å². The van der Waals surface area contributed by atoms with Crippen LogP contribution in [0.4, 0.5) is 0 Å².